The van der Waals surface area contributed by atoms with E-state index in [4.69, 9.17) is 4.74 Å². The molecule has 5 heteroatoms. The zero-order valence-corrected chi connectivity index (χ0v) is 10.2. The van der Waals surface area contributed by atoms with Crippen molar-refractivity contribution >= 4 is 0 Å². The van der Waals surface area contributed by atoms with Crippen LogP contribution in [0.4, 0.5) is 13.2 Å². The predicted molar refractivity (Wildman–Crippen MR) is 58.4 cm³/mol. The maximum Gasteiger partial charge on any atom is 0.573 e. The van der Waals surface area contributed by atoms with Crippen molar-refractivity contribution in [1.82, 2.24) is 0 Å². The number of benzene rings is 1. The average molecular weight is 248 g/mol. The lowest BCUT2D eigenvalue weighted by molar-refractivity contribution is -0.274. The van der Waals surface area contributed by atoms with E-state index in [1.165, 1.54) is 25.3 Å². The molecular formula is C12H15F3O2. The van der Waals surface area contributed by atoms with Crippen LogP contribution in [0.15, 0.2) is 18.2 Å². The molecule has 0 saturated heterocycles. The van der Waals surface area contributed by atoms with Crippen molar-refractivity contribution in [2.45, 2.75) is 32.5 Å². The molecule has 0 amide bonds. The van der Waals surface area contributed by atoms with Gasteiger partial charge in [0.25, 0.3) is 0 Å². The zero-order chi connectivity index (χ0) is 13.3. The van der Waals surface area contributed by atoms with Gasteiger partial charge in [-0.1, -0.05) is 20.8 Å². The Morgan fingerprint density at radius 3 is 2.06 bits per heavy atom. The van der Waals surface area contributed by atoms with Crippen molar-refractivity contribution in [2.24, 2.45) is 0 Å². The first kappa shape index (κ1) is 13.7. The molecule has 96 valence electrons. The normalized spacial score (nSPS) is 12.4. The second kappa shape index (κ2) is 4.47. The highest BCUT2D eigenvalue weighted by atomic mass is 19.4. The third-order valence-electron chi connectivity index (χ3n) is 2.21. The first-order chi connectivity index (χ1) is 7.63. The van der Waals surface area contributed by atoms with Crippen LogP contribution in [0.2, 0.25) is 0 Å². The molecule has 0 atom stereocenters. The summed E-state index contributed by atoms with van der Waals surface area (Å²) < 4.78 is 45.3. The fourth-order valence-electron chi connectivity index (χ4n) is 1.47. The smallest absolute Gasteiger partial charge is 0.496 e. The summed E-state index contributed by atoms with van der Waals surface area (Å²) in [5, 5.41) is 0. The molecule has 1 aromatic rings. The number of halogens is 3. The summed E-state index contributed by atoms with van der Waals surface area (Å²) in [7, 11) is 1.48. The third kappa shape index (κ3) is 3.84. The van der Waals surface area contributed by atoms with Gasteiger partial charge in [-0.15, -0.1) is 13.2 Å². The van der Waals surface area contributed by atoms with Crippen molar-refractivity contribution < 1.29 is 22.6 Å². The highest BCUT2D eigenvalue weighted by Crippen LogP contribution is 2.35. The molecule has 1 aromatic carbocycles. The SMILES string of the molecule is COc1ccc(OC(F)(F)F)cc1C(C)(C)C. The first-order valence-corrected chi connectivity index (χ1v) is 5.08. The van der Waals surface area contributed by atoms with Gasteiger partial charge in [0.15, 0.2) is 0 Å². The van der Waals surface area contributed by atoms with Gasteiger partial charge in [-0.25, -0.2) is 0 Å². The predicted octanol–water partition coefficient (Wildman–Crippen LogP) is 3.89. The van der Waals surface area contributed by atoms with E-state index in [9.17, 15) is 13.2 Å². The topological polar surface area (TPSA) is 18.5 Å². The minimum absolute atomic E-state index is 0.233. The molecule has 1 rings (SSSR count). The van der Waals surface area contributed by atoms with Crippen molar-refractivity contribution in [2.75, 3.05) is 7.11 Å². The van der Waals surface area contributed by atoms with E-state index in [1.807, 2.05) is 20.8 Å². The fraction of sp³-hybridized carbons (Fsp3) is 0.500. The largest absolute Gasteiger partial charge is 0.573 e. The Morgan fingerprint density at radius 1 is 1.06 bits per heavy atom. The van der Waals surface area contributed by atoms with Gasteiger partial charge in [0.05, 0.1) is 7.11 Å². The Hall–Kier alpha value is -1.39. The van der Waals surface area contributed by atoms with Gasteiger partial charge in [-0.2, -0.15) is 0 Å². The van der Waals surface area contributed by atoms with Crippen molar-refractivity contribution in [3.05, 3.63) is 23.8 Å². The maximum atomic E-state index is 12.1. The number of hydrogen-bond donors (Lipinski definition) is 0. The summed E-state index contributed by atoms with van der Waals surface area (Å²) in [6.07, 6.45) is -4.68. The van der Waals surface area contributed by atoms with Gasteiger partial charge in [0, 0.05) is 5.56 Å². The first-order valence-electron chi connectivity index (χ1n) is 5.08. The number of alkyl halides is 3. The molecule has 0 aliphatic heterocycles. The molecule has 0 N–H and O–H groups in total. The summed E-state index contributed by atoms with van der Waals surface area (Å²) >= 11 is 0. The van der Waals surface area contributed by atoms with Gasteiger partial charge in [0.2, 0.25) is 0 Å². The van der Waals surface area contributed by atoms with Crippen molar-refractivity contribution in [3.63, 3.8) is 0 Å². The molecule has 0 fully saturated rings. The van der Waals surface area contributed by atoms with Gasteiger partial charge < -0.3 is 9.47 Å². The van der Waals surface area contributed by atoms with Crippen LogP contribution in [0.5, 0.6) is 11.5 Å². The molecule has 0 spiro atoms. The average Bonchev–Trinajstić information content (AvgIpc) is 2.13. The van der Waals surface area contributed by atoms with E-state index >= 15 is 0 Å². The van der Waals surface area contributed by atoms with E-state index in [2.05, 4.69) is 4.74 Å². The number of hydrogen-bond acceptors (Lipinski definition) is 2. The Balaban J connectivity index is 3.14. The Bertz CT molecular complexity index is 392. The second-order valence-corrected chi connectivity index (χ2v) is 4.66. The number of methoxy groups -OCH3 is 1. The molecule has 0 aliphatic carbocycles. The van der Waals surface area contributed by atoms with Crippen LogP contribution in [0.3, 0.4) is 0 Å². The monoisotopic (exact) mass is 248 g/mol. The quantitative estimate of drug-likeness (QED) is 0.790. The molecule has 2 nitrogen and oxygen atoms in total. The molecule has 0 radical (unpaired) electrons. The van der Waals surface area contributed by atoms with Crippen LogP contribution in [0.25, 0.3) is 0 Å². The van der Waals surface area contributed by atoms with E-state index < -0.39 is 6.36 Å². The highest BCUT2D eigenvalue weighted by Gasteiger charge is 2.32. The van der Waals surface area contributed by atoms with Gasteiger partial charge in [-0.05, 0) is 23.6 Å². The van der Waals surface area contributed by atoms with Gasteiger partial charge in [0.1, 0.15) is 11.5 Å². The fourth-order valence-corrected chi connectivity index (χ4v) is 1.47. The van der Waals surface area contributed by atoms with Crippen LogP contribution < -0.4 is 9.47 Å². The third-order valence-corrected chi connectivity index (χ3v) is 2.21. The molecule has 0 unspecified atom stereocenters. The van der Waals surface area contributed by atoms with E-state index in [-0.39, 0.29) is 11.2 Å². The van der Waals surface area contributed by atoms with Gasteiger partial charge >= 0.3 is 6.36 Å². The van der Waals surface area contributed by atoms with E-state index in [0.29, 0.717) is 11.3 Å². The lowest BCUT2D eigenvalue weighted by Crippen LogP contribution is -2.18. The van der Waals surface area contributed by atoms with Crippen molar-refractivity contribution in [3.8, 4) is 11.5 Å². The lowest BCUT2D eigenvalue weighted by atomic mass is 9.86. The minimum atomic E-state index is -4.68. The van der Waals surface area contributed by atoms with Crippen LogP contribution in [-0.2, 0) is 5.41 Å². The molecule has 0 heterocycles. The van der Waals surface area contributed by atoms with E-state index in [1.54, 1.807) is 0 Å². The van der Waals surface area contributed by atoms with Crippen LogP contribution in [-0.4, -0.2) is 13.5 Å². The van der Waals surface area contributed by atoms with Crippen LogP contribution in [0.1, 0.15) is 26.3 Å². The highest BCUT2D eigenvalue weighted by molar-refractivity contribution is 5.44. The maximum absolute atomic E-state index is 12.1. The molecule has 0 saturated carbocycles. The lowest BCUT2D eigenvalue weighted by Gasteiger charge is -2.23. The van der Waals surface area contributed by atoms with Crippen LogP contribution in [0, 0.1) is 0 Å². The molecular weight excluding hydrogens is 233 g/mol. The Kier molecular flexibility index (Phi) is 3.59. The van der Waals surface area contributed by atoms with Gasteiger partial charge in [-0.3, -0.25) is 0 Å². The summed E-state index contributed by atoms with van der Waals surface area (Å²) in [6, 6.07) is 4.07. The standard InChI is InChI=1S/C12H15F3O2/c1-11(2,3)9-7-8(17-12(13,14)15)5-6-10(9)16-4/h5-7H,1-4H3. The Morgan fingerprint density at radius 2 is 1.65 bits per heavy atom. The molecule has 17 heavy (non-hydrogen) atoms. The van der Waals surface area contributed by atoms with Crippen molar-refractivity contribution in [1.29, 1.82) is 0 Å². The summed E-state index contributed by atoms with van der Waals surface area (Å²) in [4.78, 5) is 0. The second-order valence-electron chi connectivity index (χ2n) is 4.66. The Labute approximate surface area is 98.3 Å². The summed E-state index contributed by atoms with van der Waals surface area (Å²) in [5.74, 6) is 0.315. The van der Waals surface area contributed by atoms with Crippen LogP contribution >= 0.6 is 0 Å². The summed E-state index contributed by atoms with van der Waals surface area (Å²) in [6.45, 7) is 5.67. The number of ether oxygens (including phenoxy) is 2. The summed E-state index contributed by atoms with van der Waals surface area (Å²) in [5.41, 5.74) is 0.345. The number of rotatable bonds is 2. The minimum Gasteiger partial charge on any atom is -0.496 e. The zero-order valence-electron chi connectivity index (χ0n) is 10.2. The molecule has 0 aromatic heterocycles. The molecule has 0 aliphatic rings. The van der Waals surface area contributed by atoms with E-state index in [0.717, 1.165) is 0 Å². The molecule has 0 bridgehead atoms.